The summed E-state index contributed by atoms with van der Waals surface area (Å²) in [6.07, 6.45) is 7.75. The van der Waals surface area contributed by atoms with Gasteiger partial charge in [0, 0.05) is 31.9 Å². The lowest BCUT2D eigenvalue weighted by Crippen LogP contribution is -2.38. The van der Waals surface area contributed by atoms with Crippen LogP contribution in [0.3, 0.4) is 0 Å². The Bertz CT molecular complexity index is 988. The molecule has 6 nitrogen and oxygen atoms in total. The molecule has 27 heavy (non-hydrogen) atoms. The van der Waals surface area contributed by atoms with E-state index in [1.54, 1.807) is 23.9 Å². The highest BCUT2D eigenvalue weighted by molar-refractivity contribution is 7.18. The van der Waals surface area contributed by atoms with Gasteiger partial charge < -0.3 is 9.80 Å². The number of carbonyl (C=O) groups is 1. The first-order chi connectivity index (χ1) is 13.2. The molecule has 1 amide bonds. The van der Waals surface area contributed by atoms with Crippen molar-refractivity contribution in [2.24, 2.45) is 0 Å². The van der Waals surface area contributed by atoms with Crippen LogP contribution in [-0.2, 0) is 11.2 Å². The first-order valence-corrected chi connectivity index (χ1v) is 10.2. The zero-order chi connectivity index (χ0) is 18.4. The summed E-state index contributed by atoms with van der Waals surface area (Å²) in [6, 6.07) is 4.51. The zero-order valence-corrected chi connectivity index (χ0v) is 16.0. The molecule has 5 rings (SSSR count). The van der Waals surface area contributed by atoms with E-state index in [0.717, 1.165) is 42.0 Å². The Labute approximate surface area is 161 Å². The van der Waals surface area contributed by atoms with Crippen molar-refractivity contribution in [3.05, 3.63) is 47.4 Å². The minimum absolute atomic E-state index is 0.215. The maximum atomic E-state index is 12.7. The molecular formula is C20H21N5OS. The van der Waals surface area contributed by atoms with Gasteiger partial charge in [-0.3, -0.25) is 9.78 Å². The number of carbonyl (C=O) groups excluding carboxylic acids is 1. The van der Waals surface area contributed by atoms with Crippen LogP contribution in [0.5, 0.6) is 0 Å². The molecular weight excluding hydrogens is 358 g/mol. The highest BCUT2D eigenvalue weighted by Gasteiger charge is 2.47. The van der Waals surface area contributed by atoms with Gasteiger partial charge >= 0.3 is 0 Å². The minimum Gasteiger partial charge on any atom is -0.350 e. The lowest BCUT2D eigenvalue weighted by atomic mass is 10.1. The van der Waals surface area contributed by atoms with Crippen LogP contribution in [0.25, 0.3) is 10.2 Å². The van der Waals surface area contributed by atoms with E-state index in [0.29, 0.717) is 6.42 Å². The van der Waals surface area contributed by atoms with Crippen LogP contribution < -0.4 is 4.90 Å². The number of aryl methyl sites for hydroxylation is 1. The van der Waals surface area contributed by atoms with Gasteiger partial charge in [-0.05, 0) is 42.3 Å². The summed E-state index contributed by atoms with van der Waals surface area (Å²) in [7, 11) is 0. The summed E-state index contributed by atoms with van der Waals surface area (Å²) in [5.41, 5.74) is 3.40. The van der Waals surface area contributed by atoms with E-state index < -0.39 is 0 Å². The van der Waals surface area contributed by atoms with E-state index >= 15 is 0 Å². The maximum absolute atomic E-state index is 12.7. The first-order valence-electron chi connectivity index (χ1n) is 9.36. The Kier molecular flexibility index (Phi) is 4.04. The predicted octanol–water partition coefficient (Wildman–Crippen LogP) is 2.82. The summed E-state index contributed by atoms with van der Waals surface area (Å²) < 4.78 is 1.14. The fraction of sp³-hybridized carbons (Fsp3) is 0.400. The Morgan fingerprint density at radius 3 is 3.07 bits per heavy atom. The van der Waals surface area contributed by atoms with Crippen LogP contribution in [0, 0.1) is 6.92 Å². The fourth-order valence-electron chi connectivity index (χ4n) is 4.44. The van der Waals surface area contributed by atoms with Gasteiger partial charge in [-0.25, -0.2) is 9.97 Å². The first kappa shape index (κ1) is 16.6. The Balaban J connectivity index is 1.38. The molecule has 0 bridgehead atoms. The molecule has 0 aliphatic carbocycles. The van der Waals surface area contributed by atoms with Gasteiger partial charge in [0.15, 0.2) is 0 Å². The largest absolute Gasteiger partial charge is 0.350 e. The zero-order valence-electron chi connectivity index (χ0n) is 15.2. The molecule has 2 aliphatic rings. The summed E-state index contributed by atoms with van der Waals surface area (Å²) >= 11 is 1.70. The van der Waals surface area contributed by atoms with Crippen molar-refractivity contribution in [2.45, 2.75) is 38.3 Å². The van der Waals surface area contributed by atoms with Gasteiger partial charge in [-0.15, -0.1) is 11.3 Å². The third kappa shape index (κ3) is 2.77. The topological polar surface area (TPSA) is 62.2 Å². The van der Waals surface area contributed by atoms with Crippen molar-refractivity contribution < 1.29 is 4.79 Å². The monoisotopic (exact) mass is 379 g/mol. The Hall–Kier alpha value is -2.54. The SMILES string of the molecule is Cc1csc2c(N3CC[C@H]4[C@@H]3CC(=O)N4CCc3cccnc3)ncnc12. The average Bonchev–Trinajstić information content (AvgIpc) is 3.35. The van der Waals surface area contributed by atoms with Crippen LogP contribution >= 0.6 is 11.3 Å². The van der Waals surface area contributed by atoms with E-state index in [-0.39, 0.29) is 18.0 Å². The van der Waals surface area contributed by atoms with E-state index in [2.05, 4.69) is 43.1 Å². The molecule has 3 aromatic rings. The van der Waals surface area contributed by atoms with Crippen LogP contribution in [0.4, 0.5) is 5.82 Å². The van der Waals surface area contributed by atoms with Crippen LogP contribution in [0.2, 0.25) is 0 Å². The smallest absolute Gasteiger partial charge is 0.225 e. The molecule has 3 aromatic heterocycles. The Morgan fingerprint density at radius 1 is 1.30 bits per heavy atom. The summed E-state index contributed by atoms with van der Waals surface area (Å²) in [5.74, 6) is 1.25. The number of thiophene rings is 1. The molecule has 0 saturated carbocycles. The number of hydrogen-bond acceptors (Lipinski definition) is 6. The number of hydrogen-bond donors (Lipinski definition) is 0. The van der Waals surface area contributed by atoms with Crippen molar-refractivity contribution in [1.82, 2.24) is 19.9 Å². The molecule has 2 fully saturated rings. The van der Waals surface area contributed by atoms with Crippen LogP contribution in [-0.4, -0.2) is 50.9 Å². The van der Waals surface area contributed by atoms with Gasteiger partial charge in [0.1, 0.15) is 12.1 Å². The van der Waals surface area contributed by atoms with Crippen LogP contribution in [0.15, 0.2) is 36.2 Å². The lowest BCUT2D eigenvalue weighted by molar-refractivity contribution is -0.129. The number of rotatable bonds is 4. The molecule has 5 heterocycles. The quantitative estimate of drug-likeness (QED) is 0.698. The van der Waals surface area contributed by atoms with E-state index in [4.69, 9.17) is 0 Å². The lowest BCUT2D eigenvalue weighted by Gasteiger charge is -2.26. The van der Waals surface area contributed by atoms with Crippen molar-refractivity contribution in [2.75, 3.05) is 18.0 Å². The van der Waals surface area contributed by atoms with Gasteiger partial charge in [0.2, 0.25) is 5.91 Å². The molecule has 2 atom stereocenters. The van der Waals surface area contributed by atoms with E-state index in [1.807, 2.05) is 12.3 Å². The maximum Gasteiger partial charge on any atom is 0.225 e. The second-order valence-electron chi connectivity index (χ2n) is 7.31. The number of nitrogens with zero attached hydrogens (tertiary/aromatic N) is 5. The fourth-order valence-corrected chi connectivity index (χ4v) is 5.45. The molecule has 0 N–H and O–H groups in total. The van der Waals surface area contributed by atoms with E-state index in [9.17, 15) is 4.79 Å². The third-order valence-electron chi connectivity index (χ3n) is 5.76. The molecule has 0 unspecified atom stereocenters. The van der Waals surface area contributed by atoms with Gasteiger partial charge in [-0.1, -0.05) is 6.07 Å². The van der Waals surface area contributed by atoms with Crippen molar-refractivity contribution in [3.8, 4) is 0 Å². The number of anilines is 1. The number of fused-ring (bicyclic) bond motifs is 2. The average molecular weight is 379 g/mol. The second-order valence-corrected chi connectivity index (χ2v) is 8.19. The van der Waals surface area contributed by atoms with Gasteiger partial charge in [-0.2, -0.15) is 0 Å². The van der Waals surface area contributed by atoms with E-state index in [1.165, 1.54) is 11.1 Å². The molecule has 0 spiro atoms. The van der Waals surface area contributed by atoms with Gasteiger partial charge in [0.05, 0.1) is 22.3 Å². The normalized spacial score (nSPS) is 22.0. The number of amides is 1. The minimum atomic E-state index is 0.215. The summed E-state index contributed by atoms with van der Waals surface area (Å²) in [4.78, 5) is 30.3. The molecule has 0 radical (unpaired) electrons. The van der Waals surface area contributed by atoms with Crippen molar-refractivity contribution >= 4 is 33.3 Å². The predicted molar refractivity (Wildman–Crippen MR) is 106 cm³/mol. The summed E-state index contributed by atoms with van der Waals surface area (Å²) in [5, 5.41) is 2.14. The molecule has 7 heteroatoms. The van der Waals surface area contributed by atoms with Crippen LogP contribution in [0.1, 0.15) is 24.0 Å². The molecule has 138 valence electrons. The molecule has 2 aliphatic heterocycles. The third-order valence-corrected chi connectivity index (χ3v) is 6.85. The number of pyridine rings is 1. The summed E-state index contributed by atoms with van der Waals surface area (Å²) in [6.45, 7) is 3.79. The number of likely N-dealkylation sites (tertiary alicyclic amines) is 1. The highest BCUT2D eigenvalue weighted by atomic mass is 32.1. The highest BCUT2D eigenvalue weighted by Crippen LogP contribution is 2.39. The van der Waals surface area contributed by atoms with Crippen molar-refractivity contribution in [1.29, 1.82) is 0 Å². The molecule has 2 saturated heterocycles. The number of aromatic nitrogens is 3. The second kappa shape index (κ2) is 6.56. The van der Waals surface area contributed by atoms with Crippen molar-refractivity contribution in [3.63, 3.8) is 0 Å². The standard InChI is InChI=1S/C20H21N5OS/c1-13-11-27-19-18(13)22-12-23-20(19)25-8-5-15-16(25)9-17(26)24(15)7-4-14-3-2-6-21-10-14/h2-3,6,10-12,15-16H,4-5,7-9H2,1H3/t15-,16-/m0/s1. The van der Waals surface area contributed by atoms with Gasteiger partial charge in [0.25, 0.3) is 0 Å². The Morgan fingerprint density at radius 2 is 2.22 bits per heavy atom. The molecule has 0 aromatic carbocycles.